The third kappa shape index (κ3) is 3.07. The van der Waals surface area contributed by atoms with Crippen LogP contribution in [0.3, 0.4) is 0 Å². The van der Waals surface area contributed by atoms with Crippen LogP contribution in [0, 0.1) is 0 Å². The molecule has 0 aliphatic rings. The molecule has 1 amide bonds. The number of amides is 1. The van der Waals surface area contributed by atoms with Crippen LogP contribution in [-0.2, 0) is 5.41 Å². The Bertz CT molecular complexity index is 460. The van der Waals surface area contributed by atoms with Crippen molar-refractivity contribution in [3.8, 4) is 0 Å². The normalized spacial score (nSPS) is 10.8. The summed E-state index contributed by atoms with van der Waals surface area (Å²) in [6, 6.07) is 3.81. The minimum absolute atomic E-state index is 0. The Morgan fingerprint density at radius 3 is 1.85 bits per heavy atom. The third-order valence-electron chi connectivity index (χ3n) is 3.00. The van der Waals surface area contributed by atoms with Crippen molar-refractivity contribution in [1.29, 1.82) is 0 Å². The predicted molar refractivity (Wildman–Crippen MR) is 72.1 cm³/mol. The quantitative estimate of drug-likeness (QED) is 0.462. The first-order valence-corrected chi connectivity index (χ1v) is 5.42. The molecule has 1 aromatic carbocycles. The van der Waals surface area contributed by atoms with Gasteiger partial charge in [0.2, 0.25) is 5.91 Å². The van der Waals surface area contributed by atoms with Crippen LogP contribution in [0.15, 0.2) is 18.2 Å². The van der Waals surface area contributed by atoms with Crippen LogP contribution in [0.25, 0.3) is 0 Å². The van der Waals surface area contributed by atoms with Gasteiger partial charge in [-0.15, -0.1) is 12.4 Å². The standard InChI is InChI=1S/C12H15NO6.ClH/c13-10(17)7-2-1-3-8(11(18)19)9(7)12(4-14,5-15)6-16;/h1-3,14-16H,4-6H2,(H2,13,17)(H,18,19);1H. The molecule has 8 heteroatoms. The third-order valence-corrected chi connectivity index (χ3v) is 3.00. The summed E-state index contributed by atoms with van der Waals surface area (Å²) >= 11 is 0. The van der Waals surface area contributed by atoms with Crippen molar-refractivity contribution in [3.63, 3.8) is 0 Å². The van der Waals surface area contributed by atoms with Crippen molar-refractivity contribution in [2.45, 2.75) is 5.41 Å². The number of benzene rings is 1. The van der Waals surface area contributed by atoms with Crippen LogP contribution >= 0.6 is 12.4 Å². The molecule has 0 aliphatic heterocycles. The Balaban J connectivity index is 0.00000361. The predicted octanol–water partition coefficient (Wildman–Crippen LogP) is -0.880. The van der Waals surface area contributed by atoms with Crippen LogP contribution in [0.4, 0.5) is 0 Å². The molecule has 0 heterocycles. The van der Waals surface area contributed by atoms with Crippen LogP contribution in [0.5, 0.6) is 0 Å². The lowest BCUT2D eigenvalue weighted by Crippen LogP contribution is -2.42. The highest BCUT2D eigenvalue weighted by molar-refractivity contribution is 5.99. The first-order chi connectivity index (χ1) is 8.93. The number of primary amides is 1. The number of aromatic carboxylic acids is 1. The highest BCUT2D eigenvalue weighted by atomic mass is 35.5. The molecule has 6 N–H and O–H groups in total. The van der Waals surface area contributed by atoms with Crippen LogP contribution in [0.1, 0.15) is 26.3 Å². The van der Waals surface area contributed by atoms with Gasteiger partial charge in [-0.1, -0.05) is 6.07 Å². The summed E-state index contributed by atoms with van der Waals surface area (Å²) in [4.78, 5) is 22.6. The van der Waals surface area contributed by atoms with Gasteiger partial charge in [0, 0.05) is 5.56 Å². The fourth-order valence-corrected chi connectivity index (χ4v) is 1.89. The second-order valence-electron chi connectivity index (χ2n) is 4.15. The summed E-state index contributed by atoms with van der Waals surface area (Å²) < 4.78 is 0. The van der Waals surface area contributed by atoms with Gasteiger partial charge < -0.3 is 26.2 Å². The number of aliphatic hydroxyl groups is 3. The maximum Gasteiger partial charge on any atom is 0.336 e. The first kappa shape index (κ1) is 18.3. The number of rotatable bonds is 6. The molecule has 0 saturated heterocycles. The minimum atomic E-state index is -1.65. The molecular formula is C12H16ClNO6. The van der Waals surface area contributed by atoms with Gasteiger partial charge in [0.15, 0.2) is 0 Å². The molecular weight excluding hydrogens is 290 g/mol. The Kier molecular flexibility index (Phi) is 6.60. The average Bonchev–Trinajstić information content (AvgIpc) is 2.41. The molecule has 7 nitrogen and oxygen atoms in total. The molecule has 112 valence electrons. The number of halogens is 1. The number of nitrogens with two attached hydrogens (primary N) is 1. The van der Waals surface area contributed by atoms with Crippen molar-refractivity contribution in [2.75, 3.05) is 19.8 Å². The smallest absolute Gasteiger partial charge is 0.336 e. The topological polar surface area (TPSA) is 141 Å². The summed E-state index contributed by atoms with van der Waals surface area (Å²) in [7, 11) is 0. The second kappa shape index (κ2) is 7.20. The molecule has 0 unspecified atom stereocenters. The zero-order valence-corrected chi connectivity index (χ0v) is 11.3. The summed E-state index contributed by atoms with van der Waals surface area (Å²) in [5, 5.41) is 37.3. The largest absolute Gasteiger partial charge is 0.478 e. The van der Waals surface area contributed by atoms with E-state index in [1.165, 1.54) is 18.2 Å². The Hall–Kier alpha value is -1.67. The first-order valence-electron chi connectivity index (χ1n) is 5.42. The monoisotopic (exact) mass is 305 g/mol. The van der Waals surface area contributed by atoms with Crippen molar-refractivity contribution < 1.29 is 30.0 Å². The number of carbonyl (C=O) groups is 2. The Morgan fingerprint density at radius 2 is 1.50 bits per heavy atom. The van der Waals surface area contributed by atoms with Gasteiger partial charge in [0.05, 0.1) is 30.8 Å². The molecule has 0 radical (unpaired) electrons. The van der Waals surface area contributed by atoms with E-state index in [1.807, 2.05) is 0 Å². The maximum absolute atomic E-state index is 11.4. The minimum Gasteiger partial charge on any atom is -0.478 e. The van der Waals surface area contributed by atoms with Gasteiger partial charge >= 0.3 is 5.97 Å². The van der Waals surface area contributed by atoms with Gasteiger partial charge in [-0.2, -0.15) is 0 Å². The van der Waals surface area contributed by atoms with E-state index in [2.05, 4.69) is 0 Å². The van der Waals surface area contributed by atoms with Crippen LogP contribution in [0.2, 0.25) is 0 Å². The second-order valence-corrected chi connectivity index (χ2v) is 4.15. The lowest BCUT2D eigenvalue weighted by molar-refractivity contribution is 0.0591. The Morgan fingerprint density at radius 1 is 1.05 bits per heavy atom. The molecule has 0 spiro atoms. The van der Waals surface area contributed by atoms with Crippen molar-refractivity contribution in [2.24, 2.45) is 5.73 Å². The maximum atomic E-state index is 11.4. The number of aliphatic hydroxyl groups excluding tert-OH is 3. The summed E-state index contributed by atoms with van der Waals surface area (Å²) in [5.41, 5.74) is 2.90. The zero-order chi connectivity index (χ0) is 14.6. The average molecular weight is 306 g/mol. The number of hydrogen-bond donors (Lipinski definition) is 5. The van der Waals surface area contributed by atoms with Gasteiger partial charge in [-0.3, -0.25) is 4.79 Å². The molecule has 1 rings (SSSR count). The molecule has 0 saturated carbocycles. The van der Waals surface area contributed by atoms with E-state index >= 15 is 0 Å². The molecule has 0 bridgehead atoms. The molecule has 1 aromatic rings. The summed E-state index contributed by atoms with van der Waals surface area (Å²) in [6.45, 7) is -2.19. The van der Waals surface area contributed by atoms with Crippen molar-refractivity contribution in [1.82, 2.24) is 0 Å². The number of carboxylic acid groups (broad SMARTS) is 1. The van der Waals surface area contributed by atoms with Crippen molar-refractivity contribution in [3.05, 3.63) is 34.9 Å². The lowest BCUT2D eigenvalue weighted by Gasteiger charge is -2.30. The molecule has 0 aromatic heterocycles. The fraction of sp³-hybridized carbons (Fsp3) is 0.333. The number of hydrogen-bond acceptors (Lipinski definition) is 5. The lowest BCUT2D eigenvalue weighted by atomic mass is 9.77. The number of carboxylic acids is 1. The van der Waals surface area contributed by atoms with E-state index in [-0.39, 0.29) is 29.1 Å². The number of carbonyl (C=O) groups excluding carboxylic acids is 1. The SMILES string of the molecule is Cl.NC(=O)c1cccc(C(=O)O)c1C(CO)(CO)CO. The molecule has 0 atom stereocenters. The van der Waals surface area contributed by atoms with E-state index in [9.17, 15) is 24.9 Å². The zero-order valence-electron chi connectivity index (χ0n) is 10.4. The van der Waals surface area contributed by atoms with Gasteiger partial charge in [-0.25, -0.2) is 4.79 Å². The molecule has 0 fully saturated rings. The van der Waals surface area contributed by atoms with E-state index < -0.39 is 37.1 Å². The fourth-order valence-electron chi connectivity index (χ4n) is 1.89. The van der Waals surface area contributed by atoms with Crippen LogP contribution in [-0.4, -0.2) is 52.1 Å². The van der Waals surface area contributed by atoms with E-state index in [0.717, 1.165) is 0 Å². The highest BCUT2D eigenvalue weighted by Crippen LogP contribution is 2.30. The van der Waals surface area contributed by atoms with E-state index in [1.54, 1.807) is 0 Å². The van der Waals surface area contributed by atoms with E-state index in [0.29, 0.717) is 0 Å². The molecule has 20 heavy (non-hydrogen) atoms. The van der Waals surface area contributed by atoms with Gasteiger partial charge in [-0.05, 0) is 17.7 Å². The molecule has 0 aliphatic carbocycles. The summed E-state index contributed by atoms with van der Waals surface area (Å²) in [5.74, 6) is -2.25. The van der Waals surface area contributed by atoms with Gasteiger partial charge in [0.1, 0.15) is 0 Å². The Labute approximate surface area is 121 Å². The highest BCUT2D eigenvalue weighted by Gasteiger charge is 2.37. The van der Waals surface area contributed by atoms with E-state index in [4.69, 9.17) is 10.8 Å². The van der Waals surface area contributed by atoms with Gasteiger partial charge in [0.25, 0.3) is 0 Å². The summed E-state index contributed by atoms with van der Waals surface area (Å²) in [6.07, 6.45) is 0. The van der Waals surface area contributed by atoms with Crippen LogP contribution < -0.4 is 5.73 Å². The van der Waals surface area contributed by atoms with Crippen molar-refractivity contribution >= 4 is 24.3 Å².